The van der Waals surface area contributed by atoms with E-state index in [-0.39, 0.29) is 10.6 Å². The minimum absolute atomic E-state index is 0.161. The summed E-state index contributed by atoms with van der Waals surface area (Å²) in [6.45, 7) is 17.0. The van der Waals surface area contributed by atoms with Gasteiger partial charge in [0.15, 0.2) is 0 Å². The minimum Gasteiger partial charge on any atom is -0.370 e. The van der Waals surface area contributed by atoms with E-state index in [2.05, 4.69) is 23.6 Å². The molecule has 1 aromatic rings. The zero-order valence-corrected chi connectivity index (χ0v) is 15.4. The molecule has 0 unspecified atom stereocenters. The first-order valence-corrected chi connectivity index (χ1v) is 8.73. The molecule has 0 amide bonds. The molecule has 2 aliphatic rings. The number of non-ortho nitro benzene ring substituents is 1. The monoisotopic (exact) mass is 321 g/mol. The van der Waals surface area contributed by atoms with Crippen molar-refractivity contribution in [2.24, 2.45) is 5.41 Å². The Morgan fingerprint density at radius 3 is 1.87 bits per heavy atom. The predicted molar refractivity (Wildman–Crippen MR) is 97.1 cm³/mol. The lowest BCUT2D eigenvalue weighted by molar-refractivity contribution is -0.384. The van der Waals surface area contributed by atoms with Gasteiger partial charge in [-0.2, -0.15) is 0 Å². The van der Waals surface area contributed by atoms with Crippen molar-refractivity contribution in [1.82, 2.24) is 4.90 Å². The fourth-order valence-corrected chi connectivity index (χ4v) is 3.11. The Morgan fingerprint density at radius 1 is 1.00 bits per heavy atom. The number of rotatable bonds is 3. The Kier molecular flexibility index (Phi) is 7.01. The molecule has 0 atom stereocenters. The number of anilines is 1. The lowest BCUT2D eigenvalue weighted by atomic mass is 9.72. The molecular formula is C18H31N3O2. The molecule has 5 nitrogen and oxygen atoms in total. The first-order chi connectivity index (χ1) is 11.0. The summed E-state index contributed by atoms with van der Waals surface area (Å²) in [6, 6.07) is 7.51. The summed E-state index contributed by atoms with van der Waals surface area (Å²) in [5.41, 5.74) is 1.74. The summed E-state index contributed by atoms with van der Waals surface area (Å²) < 4.78 is 0. The number of hydrogen-bond donors (Lipinski definition) is 0. The van der Waals surface area contributed by atoms with Crippen LogP contribution in [0.4, 0.5) is 11.4 Å². The number of likely N-dealkylation sites (tertiary alicyclic amines) is 1. The van der Waals surface area contributed by atoms with Crippen LogP contribution in [-0.4, -0.2) is 42.0 Å². The molecule has 0 N–H and O–H groups in total. The van der Waals surface area contributed by atoms with E-state index >= 15 is 0 Å². The number of benzene rings is 1. The average Bonchev–Trinajstić information content (AvgIpc) is 2.49. The maximum Gasteiger partial charge on any atom is 0.269 e. The second-order valence-electron chi connectivity index (χ2n) is 6.13. The average molecular weight is 321 g/mol. The molecule has 5 heteroatoms. The zero-order valence-electron chi connectivity index (χ0n) is 15.4. The normalized spacial score (nSPS) is 18.1. The Labute approximate surface area is 140 Å². The summed E-state index contributed by atoms with van der Waals surface area (Å²) >= 11 is 0. The van der Waals surface area contributed by atoms with Crippen LogP contribution in [0, 0.1) is 15.5 Å². The third kappa shape index (κ3) is 4.22. The maximum atomic E-state index is 10.6. The smallest absolute Gasteiger partial charge is 0.269 e. The van der Waals surface area contributed by atoms with Crippen molar-refractivity contribution in [3.8, 4) is 0 Å². The first-order valence-electron chi connectivity index (χ1n) is 8.73. The summed E-state index contributed by atoms with van der Waals surface area (Å²) in [6.07, 6.45) is 0. The molecule has 0 saturated carbocycles. The van der Waals surface area contributed by atoms with Gasteiger partial charge in [-0.15, -0.1) is 0 Å². The Morgan fingerprint density at radius 2 is 1.48 bits per heavy atom. The standard InChI is InChI=1S/C14H19N3O2.2C2H6/c1-11(2)15-7-14(8-15)9-16(10-14)12-3-5-13(6-4-12)17(18)19;2*1-2/h3-6,11H,7-10H2,1-2H3;2*1-2H3. The third-order valence-corrected chi connectivity index (χ3v) is 4.29. The van der Waals surface area contributed by atoms with Gasteiger partial charge in [0.2, 0.25) is 0 Å². The molecule has 2 saturated heterocycles. The lowest BCUT2D eigenvalue weighted by Gasteiger charge is -2.62. The molecule has 130 valence electrons. The third-order valence-electron chi connectivity index (χ3n) is 4.29. The van der Waals surface area contributed by atoms with Crippen molar-refractivity contribution in [3.63, 3.8) is 0 Å². The Hall–Kier alpha value is -1.62. The molecule has 0 aromatic heterocycles. The summed E-state index contributed by atoms with van der Waals surface area (Å²) in [4.78, 5) is 15.1. The van der Waals surface area contributed by atoms with Gasteiger partial charge in [-0.05, 0) is 26.0 Å². The number of nitro benzene ring substituents is 1. The van der Waals surface area contributed by atoms with Gasteiger partial charge >= 0.3 is 0 Å². The van der Waals surface area contributed by atoms with Gasteiger partial charge in [-0.1, -0.05) is 27.7 Å². The van der Waals surface area contributed by atoms with Gasteiger partial charge in [-0.25, -0.2) is 0 Å². The minimum atomic E-state index is -0.353. The quantitative estimate of drug-likeness (QED) is 0.619. The van der Waals surface area contributed by atoms with Crippen LogP contribution in [0.3, 0.4) is 0 Å². The van der Waals surface area contributed by atoms with Gasteiger partial charge < -0.3 is 4.90 Å². The van der Waals surface area contributed by atoms with E-state index in [4.69, 9.17) is 0 Å². The van der Waals surface area contributed by atoms with Crippen LogP contribution < -0.4 is 4.90 Å². The van der Waals surface area contributed by atoms with E-state index in [0.29, 0.717) is 11.5 Å². The zero-order chi connectivity index (χ0) is 17.6. The van der Waals surface area contributed by atoms with Crippen molar-refractivity contribution in [3.05, 3.63) is 34.4 Å². The van der Waals surface area contributed by atoms with E-state index in [1.54, 1.807) is 12.1 Å². The number of nitrogens with zero attached hydrogens (tertiary/aromatic N) is 3. The maximum absolute atomic E-state index is 10.6. The van der Waals surface area contributed by atoms with Gasteiger partial charge in [0, 0.05) is 55.5 Å². The molecule has 23 heavy (non-hydrogen) atoms. The fraction of sp³-hybridized carbons (Fsp3) is 0.667. The van der Waals surface area contributed by atoms with Gasteiger partial charge in [-0.3, -0.25) is 15.0 Å². The highest BCUT2D eigenvalue weighted by molar-refractivity contribution is 5.54. The molecule has 3 rings (SSSR count). The van der Waals surface area contributed by atoms with Crippen LogP contribution in [0.2, 0.25) is 0 Å². The van der Waals surface area contributed by atoms with Crippen molar-refractivity contribution in [2.45, 2.75) is 47.6 Å². The van der Waals surface area contributed by atoms with E-state index in [0.717, 1.165) is 18.8 Å². The van der Waals surface area contributed by atoms with Gasteiger partial charge in [0.1, 0.15) is 0 Å². The van der Waals surface area contributed by atoms with Crippen LogP contribution in [0.25, 0.3) is 0 Å². The molecule has 2 aliphatic heterocycles. The van der Waals surface area contributed by atoms with Crippen LogP contribution in [0.5, 0.6) is 0 Å². The topological polar surface area (TPSA) is 49.6 Å². The SMILES string of the molecule is CC.CC.CC(C)N1CC2(CN(c3ccc([N+](=O)[O-])cc3)C2)C1. The molecule has 2 heterocycles. The number of hydrogen-bond acceptors (Lipinski definition) is 4. The highest BCUT2D eigenvalue weighted by atomic mass is 16.6. The highest BCUT2D eigenvalue weighted by Gasteiger charge is 2.52. The lowest BCUT2D eigenvalue weighted by Crippen LogP contribution is -2.73. The largest absolute Gasteiger partial charge is 0.370 e. The Bertz CT molecular complexity index is 485. The molecule has 1 spiro atoms. The summed E-state index contributed by atoms with van der Waals surface area (Å²) in [5, 5.41) is 10.6. The molecule has 2 fully saturated rings. The second kappa shape index (κ2) is 8.29. The number of nitro groups is 1. The summed E-state index contributed by atoms with van der Waals surface area (Å²) in [5.74, 6) is 0. The van der Waals surface area contributed by atoms with E-state index in [1.165, 1.54) is 13.1 Å². The van der Waals surface area contributed by atoms with Crippen LogP contribution in [-0.2, 0) is 0 Å². The van der Waals surface area contributed by atoms with Crippen molar-refractivity contribution < 1.29 is 4.92 Å². The molecular weight excluding hydrogens is 290 g/mol. The van der Waals surface area contributed by atoms with Gasteiger partial charge in [0.25, 0.3) is 5.69 Å². The molecule has 1 aromatic carbocycles. The van der Waals surface area contributed by atoms with Crippen LogP contribution in [0.1, 0.15) is 41.5 Å². The highest BCUT2D eigenvalue weighted by Crippen LogP contribution is 2.42. The Balaban J connectivity index is 0.000000615. The second-order valence-corrected chi connectivity index (χ2v) is 6.13. The van der Waals surface area contributed by atoms with Crippen LogP contribution >= 0.6 is 0 Å². The van der Waals surface area contributed by atoms with E-state index < -0.39 is 0 Å². The van der Waals surface area contributed by atoms with Gasteiger partial charge in [0.05, 0.1) is 4.92 Å². The van der Waals surface area contributed by atoms with E-state index in [1.807, 2.05) is 39.8 Å². The fourth-order valence-electron chi connectivity index (χ4n) is 3.11. The van der Waals surface area contributed by atoms with Crippen LogP contribution in [0.15, 0.2) is 24.3 Å². The summed E-state index contributed by atoms with van der Waals surface area (Å²) in [7, 11) is 0. The molecule has 0 radical (unpaired) electrons. The molecule has 0 bridgehead atoms. The van der Waals surface area contributed by atoms with Crippen molar-refractivity contribution >= 4 is 11.4 Å². The van der Waals surface area contributed by atoms with Crippen molar-refractivity contribution in [2.75, 3.05) is 31.1 Å². The van der Waals surface area contributed by atoms with E-state index in [9.17, 15) is 10.1 Å². The predicted octanol–water partition coefficient (Wildman–Crippen LogP) is 4.18. The first kappa shape index (κ1) is 19.4. The molecule has 0 aliphatic carbocycles. The van der Waals surface area contributed by atoms with Crippen molar-refractivity contribution in [1.29, 1.82) is 0 Å².